The predicted octanol–water partition coefficient (Wildman–Crippen LogP) is 6.24. The average molecular weight is 445 g/mol. The predicted molar refractivity (Wildman–Crippen MR) is 124 cm³/mol. The molecule has 180 valence electrons. The van der Waals surface area contributed by atoms with Crippen LogP contribution in [0, 0.1) is 35.5 Å². The molecule has 6 aliphatic rings. The van der Waals surface area contributed by atoms with E-state index in [2.05, 4.69) is 26.0 Å². The molecular weight excluding hydrogens is 400 g/mol. The van der Waals surface area contributed by atoms with Crippen molar-refractivity contribution in [1.29, 1.82) is 0 Å². The van der Waals surface area contributed by atoms with Gasteiger partial charge in [0, 0.05) is 0 Å². The Bertz CT molecular complexity index is 612. The molecule has 0 spiro atoms. The number of hydrogen-bond donors (Lipinski definition) is 0. The fraction of sp³-hybridized carbons (Fsp3) is 0.929. The number of fused-ring (bicyclic) bond motifs is 9. The topological polar surface area (TPSA) is 36.9 Å². The standard InChI is InChI=1S/C28H44O4/c1-17(29-21-9-5-3-6-10-21)31-27-23-16-24(26-20-14-13-19(15-20)25(23)26)28(27)32-18(2)30-22-11-7-4-8-12-22/h13-14,17-28H,3-12,15-16H2,1-2H3. The summed E-state index contributed by atoms with van der Waals surface area (Å²) >= 11 is 0. The van der Waals surface area contributed by atoms with E-state index in [9.17, 15) is 0 Å². The third-order valence-corrected chi connectivity index (χ3v) is 9.85. The lowest BCUT2D eigenvalue weighted by atomic mass is 9.71. The van der Waals surface area contributed by atoms with Gasteiger partial charge in [0.05, 0.1) is 24.4 Å². The van der Waals surface area contributed by atoms with Crippen LogP contribution in [-0.4, -0.2) is 37.0 Å². The molecule has 4 heteroatoms. The molecule has 5 saturated carbocycles. The largest absolute Gasteiger partial charge is 0.350 e. The van der Waals surface area contributed by atoms with E-state index in [1.807, 2.05) is 0 Å². The van der Waals surface area contributed by atoms with E-state index < -0.39 is 0 Å². The van der Waals surface area contributed by atoms with Crippen LogP contribution in [0.25, 0.3) is 0 Å². The van der Waals surface area contributed by atoms with Gasteiger partial charge in [0.15, 0.2) is 12.6 Å². The van der Waals surface area contributed by atoms with Crippen molar-refractivity contribution in [2.45, 2.75) is 128 Å². The highest BCUT2D eigenvalue weighted by Crippen LogP contribution is 2.66. The Kier molecular flexibility index (Phi) is 6.43. The fourth-order valence-electron chi connectivity index (χ4n) is 8.73. The molecule has 5 fully saturated rings. The van der Waals surface area contributed by atoms with Gasteiger partial charge in [-0.1, -0.05) is 50.7 Å². The number of rotatable bonds is 8. The second kappa shape index (κ2) is 9.32. The summed E-state index contributed by atoms with van der Waals surface area (Å²) < 4.78 is 26.3. The molecular formula is C28H44O4. The first kappa shape index (κ1) is 22.1. The van der Waals surface area contributed by atoms with Crippen molar-refractivity contribution in [2.75, 3.05) is 0 Å². The Morgan fingerprint density at radius 3 is 1.44 bits per heavy atom. The summed E-state index contributed by atoms with van der Waals surface area (Å²) in [5, 5.41) is 0. The van der Waals surface area contributed by atoms with Gasteiger partial charge in [-0.15, -0.1) is 0 Å². The lowest BCUT2D eigenvalue weighted by Crippen LogP contribution is -2.49. The van der Waals surface area contributed by atoms with Crippen LogP contribution in [0.15, 0.2) is 12.2 Å². The molecule has 0 aromatic rings. The van der Waals surface area contributed by atoms with E-state index >= 15 is 0 Å². The van der Waals surface area contributed by atoms with Gasteiger partial charge < -0.3 is 18.9 Å². The molecule has 0 heterocycles. The van der Waals surface area contributed by atoms with Crippen LogP contribution in [0.4, 0.5) is 0 Å². The summed E-state index contributed by atoms with van der Waals surface area (Å²) in [5.74, 6) is 4.39. The Balaban J connectivity index is 1.13. The Morgan fingerprint density at radius 1 is 0.562 bits per heavy atom. The first-order valence-corrected chi connectivity index (χ1v) is 14.0. The molecule has 0 radical (unpaired) electrons. The highest BCUT2D eigenvalue weighted by Gasteiger charge is 2.66. The molecule has 0 N–H and O–H groups in total. The third kappa shape index (κ3) is 4.12. The molecule has 0 aromatic carbocycles. The van der Waals surface area contributed by atoms with Crippen LogP contribution in [0.3, 0.4) is 0 Å². The summed E-state index contributed by atoms with van der Waals surface area (Å²) in [4.78, 5) is 0. The Morgan fingerprint density at radius 2 is 1.00 bits per heavy atom. The summed E-state index contributed by atoms with van der Waals surface area (Å²) in [6.07, 6.45) is 21.1. The van der Waals surface area contributed by atoms with Gasteiger partial charge in [-0.3, -0.25) is 0 Å². The highest BCUT2D eigenvalue weighted by atomic mass is 16.7. The Hall–Kier alpha value is -0.420. The van der Waals surface area contributed by atoms with E-state index in [1.54, 1.807) is 0 Å². The van der Waals surface area contributed by atoms with E-state index in [4.69, 9.17) is 18.9 Å². The van der Waals surface area contributed by atoms with Gasteiger partial charge in [-0.2, -0.15) is 0 Å². The van der Waals surface area contributed by atoms with Crippen molar-refractivity contribution in [3.63, 3.8) is 0 Å². The second-order valence-corrected chi connectivity index (χ2v) is 11.8. The fourth-order valence-corrected chi connectivity index (χ4v) is 8.73. The zero-order chi connectivity index (χ0) is 21.7. The second-order valence-electron chi connectivity index (χ2n) is 11.8. The van der Waals surface area contributed by atoms with Gasteiger partial charge >= 0.3 is 0 Å². The van der Waals surface area contributed by atoms with Crippen molar-refractivity contribution in [2.24, 2.45) is 35.5 Å². The maximum Gasteiger partial charge on any atom is 0.155 e. The van der Waals surface area contributed by atoms with Crippen molar-refractivity contribution in [3.8, 4) is 0 Å². The SMILES string of the molecule is CC(OC1CCCCC1)OC1C2CC(C1OC(C)OC1CCCCC1)C1C3C=CC(C3)C21. The van der Waals surface area contributed by atoms with E-state index in [1.165, 1.54) is 77.0 Å². The monoisotopic (exact) mass is 444 g/mol. The molecule has 0 amide bonds. The number of hydrogen-bond acceptors (Lipinski definition) is 4. The molecule has 10 unspecified atom stereocenters. The van der Waals surface area contributed by atoms with Gasteiger partial charge in [-0.25, -0.2) is 0 Å². The summed E-state index contributed by atoms with van der Waals surface area (Å²) in [6, 6.07) is 0. The molecule has 4 nitrogen and oxygen atoms in total. The van der Waals surface area contributed by atoms with Crippen LogP contribution in [0.2, 0.25) is 0 Å². The van der Waals surface area contributed by atoms with Crippen LogP contribution in [0.5, 0.6) is 0 Å². The van der Waals surface area contributed by atoms with Crippen molar-refractivity contribution < 1.29 is 18.9 Å². The molecule has 0 aromatic heterocycles. The van der Waals surface area contributed by atoms with Gasteiger partial charge in [0.1, 0.15) is 0 Å². The lowest BCUT2D eigenvalue weighted by molar-refractivity contribution is -0.263. The minimum absolute atomic E-state index is 0.143. The summed E-state index contributed by atoms with van der Waals surface area (Å²) in [5.41, 5.74) is 0. The highest BCUT2D eigenvalue weighted by molar-refractivity contribution is 5.23. The first-order valence-electron chi connectivity index (χ1n) is 14.0. The van der Waals surface area contributed by atoms with E-state index in [0.717, 1.165) is 23.7 Å². The average Bonchev–Trinajstić information content (AvgIpc) is 3.56. The van der Waals surface area contributed by atoms with Gasteiger partial charge in [0.25, 0.3) is 0 Å². The lowest BCUT2D eigenvalue weighted by Gasteiger charge is -2.43. The van der Waals surface area contributed by atoms with Crippen LogP contribution < -0.4 is 0 Å². The minimum Gasteiger partial charge on any atom is -0.350 e. The van der Waals surface area contributed by atoms with E-state index in [0.29, 0.717) is 24.0 Å². The van der Waals surface area contributed by atoms with Crippen LogP contribution in [0.1, 0.15) is 90.9 Å². The van der Waals surface area contributed by atoms with Crippen molar-refractivity contribution >= 4 is 0 Å². The normalized spacial score (nSPS) is 45.4. The maximum atomic E-state index is 6.74. The molecule has 6 aliphatic carbocycles. The summed E-state index contributed by atoms with van der Waals surface area (Å²) in [7, 11) is 0. The molecule has 32 heavy (non-hydrogen) atoms. The molecule has 0 saturated heterocycles. The minimum atomic E-state index is -0.143. The first-order chi connectivity index (χ1) is 15.7. The Labute approximate surface area is 194 Å². The third-order valence-electron chi connectivity index (χ3n) is 9.85. The summed E-state index contributed by atoms with van der Waals surface area (Å²) in [6.45, 7) is 4.25. The molecule has 0 aliphatic heterocycles. The molecule has 4 bridgehead atoms. The number of allylic oxidation sites excluding steroid dienone is 2. The van der Waals surface area contributed by atoms with E-state index in [-0.39, 0.29) is 24.8 Å². The van der Waals surface area contributed by atoms with Crippen molar-refractivity contribution in [1.82, 2.24) is 0 Å². The van der Waals surface area contributed by atoms with Gasteiger partial charge in [0.2, 0.25) is 0 Å². The molecule has 10 atom stereocenters. The zero-order valence-corrected chi connectivity index (χ0v) is 20.2. The van der Waals surface area contributed by atoms with Crippen LogP contribution >= 0.6 is 0 Å². The zero-order valence-electron chi connectivity index (χ0n) is 20.2. The number of ether oxygens (including phenoxy) is 4. The molecule has 6 rings (SSSR count). The van der Waals surface area contributed by atoms with Gasteiger partial charge in [-0.05, 0) is 87.9 Å². The maximum absolute atomic E-state index is 6.74. The van der Waals surface area contributed by atoms with Crippen LogP contribution in [-0.2, 0) is 18.9 Å². The quantitative estimate of drug-likeness (QED) is 0.252. The van der Waals surface area contributed by atoms with Crippen molar-refractivity contribution in [3.05, 3.63) is 12.2 Å². The smallest absolute Gasteiger partial charge is 0.155 e.